The van der Waals surface area contributed by atoms with Crippen LogP contribution < -0.4 is 4.18 Å². The molecule has 0 aromatic heterocycles. The SMILES string of the molecule is COC(=O)c1cc(O)c(O)c(OS(=O)(=O)c2ccccc2C(=O)O)c1. The molecule has 10 heteroatoms. The summed E-state index contributed by atoms with van der Waals surface area (Å²) in [7, 11) is -3.62. The van der Waals surface area contributed by atoms with Gasteiger partial charge in [0.25, 0.3) is 0 Å². The van der Waals surface area contributed by atoms with Crippen molar-refractivity contribution in [1.29, 1.82) is 0 Å². The topological polar surface area (TPSA) is 147 Å². The number of aromatic carboxylic acids is 1. The van der Waals surface area contributed by atoms with E-state index in [0.29, 0.717) is 0 Å². The van der Waals surface area contributed by atoms with Gasteiger partial charge in [-0.3, -0.25) is 0 Å². The maximum absolute atomic E-state index is 12.3. The van der Waals surface area contributed by atoms with Crippen LogP contribution in [0, 0.1) is 0 Å². The van der Waals surface area contributed by atoms with Crippen molar-refractivity contribution < 1.29 is 42.2 Å². The third-order valence-electron chi connectivity index (χ3n) is 3.06. The number of phenols is 2. The molecule has 0 spiro atoms. The molecule has 2 rings (SSSR count). The lowest BCUT2D eigenvalue weighted by molar-refractivity contribution is 0.0599. The molecule has 9 nitrogen and oxygen atoms in total. The van der Waals surface area contributed by atoms with Crippen molar-refractivity contribution in [2.45, 2.75) is 4.90 Å². The van der Waals surface area contributed by atoms with E-state index >= 15 is 0 Å². The van der Waals surface area contributed by atoms with Gasteiger partial charge in [-0.25, -0.2) is 9.59 Å². The van der Waals surface area contributed by atoms with E-state index in [4.69, 9.17) is 9.29 Å². The maximum Gasteiger partial charge on any atom is 0.340 e. The van der Waals surface area contributed by atoms with Gasteiger partial charge in [0.05, 0.1) is 18.2 Å². The standard InChI is InChI=1S/C15H12O9S/c1-23-15(20)8-6-10(16)13(17)11(7-8)24-25(21,22)12-5-3-2-4-9(12)14(18)19/h2-7,16-17H,1H3,(H,18,19). The molecule has 2 aromatic rings. The Kier molecular flexibility index (Phi) is 4.84. The summed E-state index contributed by atoms with van der Waals surface area (Å²) in [5.41, 5.74) is -0.829. The van der Waals surface area contributed by atoms with E-state index < -0.39 is 49.8 Å². The van der Waals surface area contributed by atoms with E-state index in [0.717, 1.165) is 31.4 Å². The van der Waals surface area contributed by atoms with E-state index in [9.17, 15) is 28.2 Å². The zero-order valence-corrected chi connectivity index (χ0v) is 13.5. The quantitative estimate of drug-likeness (QED) is 0.404. The number of ether oxygens (including phenoxy) is 1. The molecule has 0 radical (unpaired) electrons. The average Bonchev–Trinajstić information content (AvgIpc) is 2.57. The van der Waals surface area contributed by atoms with Crippen molar-refractivity contribution in [2.75, 3.05) is 7.11 Å². The Labute approximate surface area is 141 Å². The van der Waals surface area contributed by atoms with Gasteiger partial charge in [-0.15, -0.1) is 0 Å². The molecule has 0 fully saturated rings. The number of esters is 1. The van der Waals surface area contributed by atoms with Crippen molar-refractivity contribution >= 4 is 22.1 Å². The van der Waals surface area contributed by atoms with E-state index in [-0.39, 0.29) is 5.56 Å². The number of carboxylic acids is 1. The largest absolute Gasteiger partial charge is 0.504 e. The Bertz CT molecular complexity index is 947. The van der Waals surface area contributed by atoms with Gasteiger partial charge in [0.1, 0.15) is 4.90 Å². The van der Waals surface area contributed by atoms with Crippen LogP contribution in [0.25, 0.3) is 0 Å². The number of carbonyl (C=O) groups excluding carboxylic acids is 1. The minimum Gasteiger partial charge on any atom is -0.504 e. The number of benzene rings is 2. The number of hydrogen-bond acceptors (Lipinski definition) is 8. The molecule has 0 amide bonds. The Hall–Kier alpha value is -3.27. The second-order valence-electron chi connectivity index (χ2n) is 4.67. The van der Waals surface area contributed by atoms with Gasteiger partial charge < -0.3 is 24.2 Å². The first kappa shape index (κ1) is 18.1. The van der Waals surface area contributed by atoms with Gasteiger partial charge in [-0.1, -0.05) is 12.1 Å². The van der Waals surface area contributed by atoms with Gasteiger partial charge in [-0.05, 0) is 18.2 Å². The highest BCUT2D eigenvalue weighted by Crippen LogP contribution is 2.38. The van der Waals surface area contributed by atoms with E-state index in [1.807, 2.05) is 0 Å². The van der Waals surface area contributed by atoms with Crippen molar-refractivity contribution in [3.05, 3.63) is 47.5 Å². The lowest BCUT2D eigenvalue weighted by atomic mass is 10.2. The summed E-state index contributed by atoms with van der Waals surface area (Å²) in [5, 5.41) is 28.4. The molecular formula is C15H12O9S. The number of carboxylic acid groups (broad SMARTS) is 1. The van der Waals surface area contributed by atoms with Crippen LogP contribution >= 0.6 is 0 Å². The highest BCUT2D eigenvalue weighted by Gasteiger charge is 2.26. The van der Waals surface area contributed by atoms with E-state index in [2.05, 4.69) is 4.74 Å². The third kappa shape index (κ3) is 3.63. The van der Waals surface area contributed by atoms with Crippen molar-refractivity contribution in [2.24, 2.45) is 0 Å². The second-order valence-corrected chi connectivity index (χ2v) is 6.19. The molecule has 3 N–H and O–H groups in total. The van der Waals surface area contributed by atoms with Crippen LogP contribution in [0.15, 0.2) is 41.3 Å². The van der Waals surface area contributed by atoms with Crippen LogP contribution in [-0.4, -0.2) is 42.8 Å². The number of aromatic hydroxyl groups is 2. The molecular weight excluding hydrogens is 356 g/mol. The highest BCUT2D eigenvalue weighted by atomic mass is 32.2. The lowest BCUT2D eigenvalue weighted by Gasteiger charge is -2.12. The van der Waals surface area contributed by atoms with Crippen molar-refractivity contribution in [1.82, 2.24) is 0 Å². The van der Waals surface area contributed by atoms with Crippen LogP contribution in [0.5, 0.6) is 17.2 Å². The lowest BCUT2D eigenvalue weighted by Crippen LogP contribution is -2.15. The first-order chi connectivity index (χ1) is 11.7. The summed E-state index contributed by atoms with van der Waals surface area (Å²) >= 11 is 0. The fourth-order valence-electron chi connectivity index (χ4n) is 1.92. The molecule has 25 heavy (non-hydrogen) atoms. The van der Waals surface area contributed by atoms with Gasteiger partial charge in [0.15, 0.2) is 11.5 Å². The molecule has 0 aliphatic carbocycles. The zero-order valence-electron chi connectivity index (χ0n) is 12.7. The summed E-state index contributed by atoms with van der Waals surface area (Å²) in [6.45, 7) is 0. The monoisotopic (exact) mass is 368 g/mol. The molecule has 0 saturated heterocycles. The number of phenolic OH excluding ortho intramolecular Hbond substituents is 2. The summed E-state index contributed by atoms with van der Waals surface area (Å²) in [5.74, 6) is -4.94. The number of rotatable bonds is 5. The minimum absolute atomic E-state index is 0.283. The predicted octanol–water partition coefficient (Wildman–Crippen LogP) is 1.35. The van der Waals surface area contributed by atoms with Crippen LogP contribution in [0.2, 0.25) is 0 Å². The fourth-order valence-corrected chi connectivity index (χ4v) is 3.04. The Morgan fingerprint density at radius 3 is 2.32 bits per heavy atom. The van der Waals surface area contributed by atoms with Crippen molar-refractivity contribution in [3.63, 3.8) is 0 Å². The highest BCUT2D eigenvalue weighted by molar-refractivity contribution is 7.87. The van der Waals surface area contributed by atoms with Gasteiger partial charge >= 0.3 is 22.1 Å². The first-order valence-corrected chi connectivity index (χ1v) is 7.99. The Morgan fingerprint density at radius 1 is 1.08 bits per heavy atom. The summed E-state index contributed by atoms with van der Waals surface area (Å²) < 4.78 is 33.8. The minimum atomic E-state index is -4.68. The molecule has 132 valence electrons. The van der Waals surface area contributed by atoms with Crippen molar-refractivity contribution in [3.8, 4) is 17.2 Å². The molecule has 0 saturated carbocycles. The first-order valence-electron chi connectivity index (χ1n) is 6.58. The van der Waals surface area contributed by atoms with Crippen LogP contribution in [0.1, 0.15) is 20.7 Å². The Balaban J connectivity index is 2.54. The summed E-state index contributed by atoms with van der Waals surface area (Å²) in [4.78, 5) is 22.0. The smallest absolute Gasteiger partial charge is 0.340 e. The number of methoxy groups -OCH3 is 1. The normalized spacial score (nSPS) is 10.9. The van der Waals surface area contributed by atoms with Crippen LogP contribution in [0.3, 0.4) is 0 Å². The fraction of sp³-hybridized carbons (Fsp3) is 0.0667. The predicted molar refractivity (Wildman–Crippen MR) is 82.3 cm³/mol. The van der Waals surface area contributed by atoms with E-state index in [1.54, 1.807) is 0 Å². The average molecular weight is 368 g/mol. The summed E-state index contributed by atoms with van der Waals surface area (Å²) in [6, 6.07) is 6.35. The zero-order chi connectivity index (χ0) is 18.8. The number of hydrogen-bond donors (Lipinski definition) is 3. The summed E-state index contributed by atoms with van der Waals surface area (Å²) in [6.07, 6.45) is 0. The van der Waals surface area contributed by atoms with Crippen LogP contribution in [-0.2, 0) is 14.9 Å². The molecule has 0 atom stereocenters. The van der Waals surface area contributed by atoms with Gasteiger partial charge in [-0.2, -0.15) is 8.42 Å². The van der Waals surface area contributed by atoms with Crippen LogP contribution in [0.4, 0.5) is 0 Å². The molecule has 2 aromatic carbocycles. The molecule has 0 aliphatic heterocycles. The third-order valence-corrected chi connectivity index (χ3v) is 4.36. The molecule has 0 bridgehead atoms. The second kappa shape index (κ2) is 6.69. The maximum atomic E-state index is 12.3. The Morgan fingerprint density at radius 2 is 1.72 bits per heavy atom. The van der Waals surface area contributed by atoms with Gasteiger partial charge in [0, 0.05) is 6.07 Å². The number of carbonyl (C=O) groups is 2. The van der Waals surface area contributed by atoms with Gasteiger partial charge in [0.2, 0.25) is 5.75 Å². The molecule has 0 heterocycles. The molecule has 0 aliphatic rings. The molecule has 0 unspecified atom stereocenters. The van der Waals surface area contributed by atoms with E-state index in [1.165, 1.54) is 12.1 Å².